The van der Waals surface area contributed by atoms with Gasteiger partial charge >= 0.3 is 0 Å². The van der Waals surface area contributed by atoms with Gasteiger partial charge in [-0.25, -0.2) is 9.82 Å². The predicted octanol–water partition coefficient (Wildman–Crippen LogP) is 4.54. The molecule has 4 aliphatic rings. The molecule has 0 spiro atoms. The van der Waals surface area contributed by atoms with Crippen LogP contribution < -0.4 is 5.43 Å². The molecule has 0 heterocycles. The Morgan fingerprint density at radius 2 is 1.67 bits per heavy atom. The Hall–Kier alpha value is -1.71. The van der Waals surface area contributed by atoms with E-state index in [9.17, 15) is 9.18 Å². The second-order valence-corrected chi connectivity index (χ2v) is 8.39. The second-order valence-electron chi connectivity index (χ2n) is 8.39. The van der Waals surface area contributed by atoms with Crippen molar-refractivity contribution in [1.29, 1.82) is 0 Å². The van der Waals surface area contributed by atoms with Gasteiger partial charge in [-0.15, -0.1) is 0 Å². The van der Waals surface area contributed by atoms with Crippen LogP contribution in [0.2, 0.25) is 0 Å². The molecule has 128 valence electrons. The smallest absolute Gasteiger partial charge is 0.267 e. The van der Waals surface area contributed by atoms with Gasteiger partial charge in [-0.2, -0.15) is 5.10 Å². The van der Waals surface area contributed by atoms with Crippen LogP contribution in [0.1, 0.15) is 62.2 Å². The molecule has 4 heteroatoms. The summed E-state index contributed by atoms with van der Waals surface area (Å²) in [7, 11) is 0. The lowest BCUT2D eigenvalue weighted by molar-refractivity contribution is -0.0482. The maximum absolute atomic E-state index is 12.9. The Bertz CT molecular complexity index is 629. The molecule has 1 N–H and O–H groups in total. The van der Waals surface area contributed by atoms with Gasteiger partial charge in [-0.1, -0.05) is 0 Å². The van der Waals surface area contributed by atoms with Crippen molar-refractivity contribution in [2.24, 2.45) is 28.3 Å². The topological polar surface area (TPSA) is 41.5 Å². The zero-order valence-electron chi connectivity index (χ0n) is 14.2. The van der Waals surface area contributed by atoms with Gasteiger partial charge in [0.25, 0.3) is 5.91 Å². The van der Waals surface area contributed by atoms with Crippen LogP contribution in [-0.2, 0) is 0 Å². The van der Waals surface area contributed by atoms with E-state index in [0.29, 0.717) is 11.0 Å². The van der Waals surface area contributed by atoms with Crippen LogP contribution in [0.25, 0.3) is 0 Å². The Kier molecular flexibility index (Phi) is 3.93. The van der Waals surface area contributed by atoms with Crippen molar-refractivity contribution in [3.8, 4) is 0 Å². The van der Waals surface area contributed by atoms with Gasteiger partial charge < -0.3 is 0 Å². The van der Waals surface area contributed by atoms with E-state index >= 15 is 0 Å². The van der Waals surface area contributed by atoms with Crippen LogP contribution in [0.15, 0.2) is 29.4 Å². The van der Waals surface area contributed by atoms with E-state index in [0.717, 1.165) is 29.9 Å². The first-order valence-corrected chi connectivity index (χ1v) is 9.10. The number of benzene rings is 1. The third-order valence-electron chi connectivity index (χ3n) is 6.25. The molecule has 0 aromatic heterocycles. The van der Waals surface area contributed by atoms with Crippen molar-refractivity contribution in [2.75, 3.05) is 0 Å². The molecule has 4 bridgehead atoms. The van der Waals surface area contributed by atoms with Crippen LogP contribution in [0.5, 0.6) is 0 Å². The number of hydrogen-bond donors (Lipinski definition) is 1. The van der Waals surface area contributed by atoms with Crippen molar-refractivity contribution in [3.63, 3.8) is 0 Å². The fourth-order valence-electron chi connectivity index (χ4n) is 5.90. The molecule has 3 nitrogen and oxygen atoms in total. The van der Waals surface area contributed by atoms with Crippen LogP contribution in [0, 0.1) is 29.0 Å². The molecule has 0 unspecified atom stereocenters. The first-order chi connectivity index (χ1) is 11.5. The number of hydrazone groups is 1. The number of hydrogen-bond acceptors (Lipinski definition) is 2. The monoisotopic (exact) mass is 328 g/mol. The summed E-state index contributed by atoms with van der Waals surface area (Å²) in [5.74, 6) is 2.17. The molecule has 1 aromatic carbocycles. The number of halogens is 1. The molecular formula is C20H25FN2O. The molecule has 1 amide bonds. The van der Waals surface area contributed by atoms with Gasteiger partial charge in [0.2, 0.25) is 0 Å². The largest absolute Gasteiger partial charge is 0.271 e. The molecule has 5 rings (SSSR count). The minimum absolute atomic E-state index is 0.278. The lowest BCUT2D eigenvalue weighted by atomic mass is 9.48. The predicted molar refractivity (Wildman–Crippen MR) is 92.2 cm³/mol. The maximum atomic E-state index is 12.9. The third-order valence-corrected chi connectivity index (χ3v) is 6.25. The van der Waals surface area contributed by atoms with E-state index in [4.69, 9.17) is 0 Å². The van der Waals surface area contributed by atoms with E-state index in [-0.39, 0.29) is 11.7 Å². The summed E-state index contributed by atoms with van der Waals surface area (Å²) in [4.78, 5) is 12.1. The second kappa shape index (κ2) is 5.98. The highest BCUT2D eigenvalue weighted by atomic mass is 19.1. The highest BCUT2D eigenvalue weighted by Gasteiger charge is 2.50. The fourth-order valence-corrected chi connectivity index (χ4v) is 5.90. The highest BCUT2D eigenvalue weighted by Crippen LogP contribution is 2.61. The summed E-state index contributed by atoms with van der Waals surface area (Å²) < 4.78 is 12.9. The van der Waals surface area contributed by atoms with Crippen molar-refractivity contribution in [3.05, 3.63) is 35.6 Å². The summed E-state index contributed by atoms with van der Waals surface area (Å²) in [5.41, 5.74) is 4.50. The highest BCUT2D eigenvalue weighted by molar-refractivity contribution is 5.95. The van der Waals surface area contributed by atoms with Gasteiger partial charge in [-0.3, -0.25) is 4.79 Å². The number of carbonyl (C=O) groups excluding carboxylic acids is 1. The average molecular weight is 328 g/mol. The maximum Gasteiger partial charge on any atom is 0.271 e. The summed E-state index contributed by atoms with van der Waals surface area (Å²) >= 11 is 0. The van der Waals surface area contributed by atoms with Crippen LogP contribution >= 0.6 is 0 Å². The first kappa shape index (κ1) is 15.8. The molecule has 0 radical (unpaired) electrons. The molecule has 4 fully saturated rings. The van der Waals surface area contributed by atoms with Crippen molar-refractivity contribution < 1.29 is 9.18 Å². The standard InChI is InChI=1S/C20H25FN2O/c1-13(22-23-19(24)17-2-4-18(21)5-3-17)9-20-10-14-6-15(11-20)8-16(7-14)12-20/h2-5,14-16H,6-12H2,1H3,(H,23,24)/b22-13-. The molecular weight excluding hydrogens is 303 g/mol. The van der Waals surface area contributed by atoms with Gasteiger partial charge in [-0.05, 0) is 99.3 Å². The van der Waals surface area contributed by atoms with Gasteiger partial charge in [0.05, 0.1) is 0 Å². The van der Waals surface area contributed by atoms with Crippen LogP contribution in [-0.4, -0.2) is 11.6 Å². The van der Waals surface area contributed by atoms with Gasteiger partial charge in [0, 0.05) is 11.3 Å². The fraction of sp³-hybridized carbons (Fsp3) is 0.600. The summed E-state index contributed by atoms with van der Waals surface area (Å²) in [6, 6.07) is 5.55. The minimum Gasteiger partial charge on any atom is -0.267 e. The Morgan fingerprint density at radius 1 is 1.12 bits per heavy atom. The first-order valence-electron chi connectivity index (χ1n) is 9.10. The minimum atomic E-state index is -0.340. The van der Waals surface area contributed by atoms with Gasteiger partial charge in [0.15, 0.2) is 0 Å². The Balaban J connectivity index is 1.39. The lowest BCUT2D eigenvalue weighted by Gasteiger charge is -2.57. The van der Waals surface area contributed by atoms with E-state index in [1.807, 2.05) is 6.92 Å². The number of carbonyl (C=O) groups is 1. The molecule has 0 atom stereocenters. The van der Waals surface area contributed by atoms with Crippen molar-refractivity contribution in [2.45, 2.75) is 51.9 Å². The molecule has 0 saturated heterocycles. The third kappa shape index (κ3) is 3.11. The zero-order valence-corrected chi connectivity index (χ0v) is 14.2. The van der Waals surface area contributed by atoms with E-state index in [1.54, 1.807) is 0 Å². The Morgan fingerprint density at radius 3 is 2.21 bits per heavy atom. The van der Waals surface area contributed by atoms with Crippen molar-refractivity contribution in [1.82, 2.24) is 5.43 Å². The number of nitrogens with zero attached hydrogens (tertiary/aromatic N) is 1. The van der Waals surface area contributed by atoms with E-state index < -0.39 is 0 Å². The summed E-state index contributed by atoms with van der Waals surface area (Å²) in [5, 5.41) is 4.32. The van der Waals surface area contributed by atoms with Crippen molar-refractivity contribution >= 4 is 11.6 Å². The normalized spacial score (nSPS) is 34.4. The quantitative estimate of drug-likeness (QED) is 0.640. The summed E-state index contributed by atoms with van der Waals surface area (Å²) in [6.45, 7) is 2.02. The summed E-state index contributed by atoms with van der Waals surface area (Å²) in [6.07, 6.45) is 9.36. The molecule has 0 aliphatic heterocycles. The molecule has 24 heavy (non-hydrogen) atoms. The Labute approximate surface area is 142 Å². The van der Waals surface area contributed by atoms with Crippen LogP contribution in [0.4, 0.5) is 4.39 Å². The molecule has 1 aromatic rings. The zero-order chi connectivity index (χ0) is 16.7. The number of amides is 1. The van der Waals surface area contributed by atoms with E-state index in [2.05, 4.69) is 10.5 Å². The molecule has 4 aliphatic carbocycles. The average Bonchev–Trinajstić information content (AvgIpc) is 2.51. The SMILES string of the molecule is C/C(CC12CC3CC(CC(C3)C1)C2)=N/NC(=O)c1ccc(F)cc1. The molecule has 4 saturated carbocycles. The van der Waals surface area contributed by atoms with Crippen LogP contribution in [0.3, 0.4) is 0 Å². The van der Waals surface area contributed by atoms with Gasteiger partial charge in [0.1, 0.15) is 5.82 Å². The number of nitrogens with one attached hydrogen (secondary N) is 1. The number of rotatable bonds is 4. The lowest BCUT2D eigenvalue weighted by Crippen LogP contribution is -2.46. The van der Waals surface area contributed by atoms with E-state index in [1.165, 1.54) is 62.8 Å².